The summed E-state index contributed by atoms with van der Waals surface area (Å²) < 4.78 is 38.1. The summed E-state index contributed by atoms with van der Waals surface area (Å²) in [5, 5.41) is 4.82. The molecule has 18 heavy (non-hydrogen) atoms. The van der Waals surface area contributed by atoms with E-state index in [1.165, 1.54) is 23.5 Å². The second kappa shape index (κ2) is 4.85. The van der Waals surface area contributed by atoms with Gasteiger partial charge in [-0.1, -0.05) is 12.1 Å². The van der Waals surface area contributed by atoms with Crippen molar-refractivity contribution in [3.8, 4) is 0 Å². The zero-order chi connectivity index (χ0) is 13.2. The van der Waals surface area contributed by atoms with Gasteiger partial charge >= 0.3 is 6.18 Å². The van der Waals surface area contributed by atoms with Crippen molar-refractivity contribution in [3.05, 3.63) is 40.9 Å². The Morgan fingerprint density at radius 1 is 1.28 bits per heavy atom. The molecule has 0 unspecified atom stereocenters. The first-order valence-corrected chi connectivity index (χ1v) is 5.95. The minimum Gasteiger partial charge on any atom is -0.379 e. The lowest BCUT2D eigenvalue weighted by Gasteiger charge is -2.13. The molecule has 0 bridgehead atoms. The van der Waals surface area contributed by atoms with Crippen molar-refractivity contribution in [2.45, 2.75) is 12.7 Å². The van der Waals surface area contributed by atoms with Gasteiger partial charge in [0.25, 0.3) is 0 Å². The average molecular weight is 273 g/mol. The van der Waals surface area contributed by atoms with Gasteiger partial charge in [-0.15, -0.1) is 11.3 Å². The van der Waals surface area contributed by atoms with Crippen LogP contribution in [0.15, 0.2) is 29.6 Å². The number of nitrogens with two attached hydrogens (primary N) is 1. The molecule has 0 aliphatic heterocycles. The van der Waals surface area contributed by atoms with Crippen LogP contribution in [0.3, 0.4) is 0 Å². The summed E-state index contributed by atoms with van der Waals surface area (Å²) in [4.78, 5) is 3.97. The maximum absolute atomic E-state index is 12.7. The summed E-state index contributed by atoms with van der Waals surface area (Å²) in [7, 11) is 0. The highest BCUT2D eigenvalue weighted by atomic mass is 32.1. The van der Waals surface area contributed by atoms with Gasteiger partial charge in [0.2, 0.25) is 0 Å². The summed E-state index contributed by atoms with van der Waals surface area (Å²) >= 11 is 1.25. The standard InChI is InChI=1S/C11H10F3N3S/c12-11(13,14)8-3-1-2-4-9(8)16-5-7-6-18-10(15)17-7/h1-4,6,16H,5H2,(H2,15,17). The molecule has 1 heterocycles. The predicted molar refractivity (Wildman–Crippen MR) is 65.3 cm³/mol. The van der Waals surface area contributed by atoms with Gasteiger partial charge < -0.3 is 11.1 Å². The van der Waals surface area contributed by atoms with Crippen LogP contribution >= 0.6 is 11.3 Å². The van der Waals surface area contributed by atoms with Gasteiger partial charge in [-0.2, -0.15) is 13.2 Å². The Hall–Kier alpha value is -1.76. The van der Waals surface area contributed by atoms with E-state index in [9.17, 15) is 13.2 Å². The van der Waals surface area contributed by atoms with Gasteiger partial charge in [0.1, 0.15) is 0 Å². The number of nitrogens with one attached hydrogen (secondary N) is 1. The Balaban J connectivity index is 2.14. The number of benzene rings is 1. The zero-order valence-corrected chi connectivity index (χ0v) is 9.98. The van der Waals surface area contributed by atoms with Gasteiger partial charge in [0.15, 0.2) is 5.13 Å². The molecule has 0 aliphatic carbocycles. The van der Waals surface area contributed by atoms with Crippen molar-refractivity contribution in [3.63, 3.8) is 0 Å². The van der Waals surface area contributed by atoms with Crippen LogP contribution in [0, 0.1) is 0 Å². The SMILES string of the molecule is Nc1nc(CNc2ccccc2C(F)(F)F)cs1. The molecule has 1 aromatic carbocycles. The van der Waals surface area contributed by atoms with Gasteiger partial charge in [-0.05, 0) is 12.1 Å². The van der Waals surface area contributed by atoms with E-state index < -0.39 is 11.7 Å². The summed E-state index contributed by atoms with van der Waals surface area (Å²) in [6.07, 6.45) is -4.37. The van der Waals surface area contributed by atoms with E-state index in [2.05, 4.69) is 10.3 Å². The number of alkyl halides is 3. The van der Waals surface area contributed by atoms with Gasteiger partial charge in [-0.3, -0.25) is 0 Å². The molecule has 0 radical (unpaired) electrons. The fraction of sp³-hybridized carbons (Fsp3) is 0.182. The van der Waals surface area contributed by atoms with Crippen LogP contribution in [0.5, 0.6) is 0 Å². The van der Waals surface area contributed by atoms with Crippen LogP contribution in [0.4, 0.5) is 24.0 Å². The van der Waals surface area contributed by atoms with Gasteiger partial charge in [0, 0.05) is 11.1 Å². The third-order valence-electron chi connectivity index (χ3n) is 2.26. The number of para-hydroxylation sites is 1. The maximum Gasteiger partial charge on any atom is 0.418 e. The molecule has 0 aliphatic rings. The van der Waals surface area contributed by atoms with Crippen LogP contribution in [-0.2, 0) is 12.7 Å². The predicted octanol–water partition coefficient (Wildman–Crippen LogP) is 3.36. The van der Waals surface area contributed by atoms with Gasteiger partial charge in [-0.25, -0.2) is 4.98 Å². The summed E-state index contributed by atoms with van der Waals surface area (Å²) in [5.74, 6) is 0. The molecule has 0 spiro atoms. The molecule has 2 aromatic rings. The lowest BCUT2D eigenvalue weighted by atomic mass is 10.1. The molecule has 7 heteroatoms. The van der Waals surface area contributed by atoms with E-state index in [0.717, 1.165) is 6.07 Å². The number of hydrogen-bond donors (Lipinski definition) is 2. The molecular formula is C11H10F3N3S. The van der Waals surface area contributed by atoms with Crippen molar-refractivity contribution in [2.75, 3.05) is 11.1 Å². The Morgan fingerprint density at radius 3 is 2.61 bits per heavy atom. The highest BCUT2D eigenvalue weighted by Crippen LogP contribution is 2.34. The summed E-state index contributed by atoms with van der Waals surface area (Å²) in [5.41, 5.74) is 5.42. The minimum absolute atomic E-state index is 0.0385. The maximum atomic E-state index is 12.7. The summed E-state index contributed by atoms with van der Waals surface area (Å²) in [6, 6.07) is 5.33. The van der Waals surface area contributed by atoms with Crippen LogP contribution < -0.4 is 11.1 Å². The molecule has 0 atom stereocenters. The molecule has 3 nitrogen and oxygen atoms in total. The second-order valence-corrected chi connectivity index (χ2v) is 4.46. The number of hydrogen-bond acceptors (Lipinski definition) is 4. The first-order valence-electron chi connectivity index (χ1n) is 5.07. The Kier molecular flexibility index (Phi) is 3.42. The molecule has 0 amide bonds. The van der Waals surface area contributed by atoms with E-state index in [4.69, 9.17) is 5.73 Å². The Morgan fingerprint density at radius 2 is 2.00 bits per heavy atom. The number of rotatable bonds is 3. The van der Waals surface area contributed by atoms with E-state index >= 15 is 0 Å². The van der Waals surface area contributed by atoms with Crippen molar-refractivity contribution in [2.24, 2.45) is 0 Å². The smallest absolute Gasteiger partial charge is 0.379 e. The fourth-order valence-electron chi connectivity index (χ4n) is 1.47. The number of thiazole rings is 1. The minimum atomic E-state index is -4.37. The van der Waals surface area contributed by atoms with Crippen molar-refractivity contribution < 1.29 is 13.2 Å². The first-order chi connectivity index (χ1) is 8.47. The largest absolute Gasteiger partial charge is 0.418 e. The van der Waals surface area contributed by atoms with Crippen molar-refractivity contribution in [1.29, 1.82) is 0 Å². The van der Waals surface area contributed by atoms with E-state index in [1.807, 2.05) is 0 Å². The molecule has 1 aromatic heterocycles. The molecule has 2 rings (SSSR count). The highest BCUT2D eigenvalue weighted by molar-refractivity contribution is 7.13. The monoisotopic (exact) mass is 273 g/mol. The van der Waals surface area contributed by atoms with Crippen LogP contribution in [0.25, 0.3) is 0 Å². The van der Waals surface area contributed by atoms with Gasteiger partial charge in [0.05, 0.1) is 17.8 Å². The lowest BCUT2D eigenvalue weighted by Crippen LogP contribution is -2.10. The third-order valence-corrected chi connectivity index (χ3v) is 2.98. The van der Waals surface area contributed by atoms with Crippen LogP contribution in [0.2, 0.25) is 0 Å². The number of halogens is 3. The topological polar surface area (TPSA) is 50.9 Å². The number of anilines is 2. The fourth-order valence-corrected chi connectivity index (χ4v) is 2.04. The molecule has 0 saturated carbocycles. The van der Waals surface area contributed by atoms with Crippen LogP contribution in [0.1, 0.15) is 11.3 Å². The van der Waals surface area contributed by atoms with E-state index in [0.29, 0.717) is 10.8 Å². The normalized spacial score (nSPS) is 11.5. The molecular weight excluding hydrogens is 263 g/mol. The van der Waals surface area contributed by atoms with Crippen molar-refractivity contribution in [1.82, 2.24) is 4.98 Å². The van der Waals surface area contributed by atoms with E-state index in [1.54, 1.807) is 11.4 Å². The Bertz CT molecular complexity index is 536. The van der Waals surface area contributed by atoms with E-state index in [-0.39, 0.29) is 12.2 Å². The van der Waals surface area contributed by atoms with Crippen molar-refractivity contribution >= 4 is 22.2 Å². The summed E-state index contributed by atoms with van der Waals surface area (Å²) in [6.45, 7) is 0.209. The second-order valence-electron chi connectivity index (χ2n) is 3.57. The highest BCUT2D eigenvalue weighted by Gasteiger charge is 2.33. The quantitative estimate of drug-likeness (QED) is 0.901. The molecule has 3 N–H and O–H groups in total. The molecule has 0 fully saturated rings. The van der Waals surface area contributed by atoms with Crippen LogP contribution in [-0.4, -0.2) is 4.98 Å². The molecule has 0 saturated heterocycles. The number of nitrogen functional groups attached to an aromatic ring is 1. The third kappa shape index (κ3) is 2.92. The first kappa shape index (κ1) is 12.7. The molecule has 96 valence electrons. The number of aromatic nitrogens is 1. The average Bonchev–Trinajstić information content (AvgIpc) is 2.72. The zero-order valence-electron chi connectivity index (χ0n) is 9.16. The number of nitrogens with zero attached hydrogens (tertiary/aromatic N) is 1. The lowest BCUT2D eigenvalue weighted by molar-refractivity contribution is -0.136. The Labute approximate surface area is 105 Å².